The van der Waals surface area contributed by atoms with Crippen molar-refractivity contribution in [2.24, 2.45) is 0 Å². The molecule has 0 aliphatic heterocycles. The molecule has 4 nitrogen and oxygen atoms in total. The molecule has 1 heterocycles. The average molecular weight is 188 g/mol. The van der Waals surface area contributed by atoms with Crippen LogP contribution in [0.4, 0.5) is 5.69 Å². The number of hydrogen-bond acceptors (Lipinski definition) is 3. The molecular weight excluding hydrogens is 178 g/mol. The van der Waals surface area contributed by atoms with Crippen molar-refractivity contribution in [1.29, 1.82) is 0 Å². The van der Waals surface area contributed by atoms with E-state index < -0.39 is 5.60 Å². The Kier molecular flexibility index (Phi) is 1.56. The van der Waals surface area contributed by atoms with Gasteiger partial charge in [-0.25, -0.2) is 4.68 Å². The largest absolute Gasteiger partial charge is 0.395 e. The first-order chi connectivity index (χ1) is 5.61. The summed E-state index contributed by atoms with van der Waals surface area (Å²) in [6.07, 6.45) is 3.14. The van der Waals surface area contributed by atoms with Crippen molar-refractivity contribution in [3.63, 3.8) is 0 Å². The molecule has 2 rings (SSSR count). The minimum absolute atomic E-state index is 0.412. The number of nitrogens with zero attached hydrogens (tertiary/aromatic N) is 2. The number of halogens is 1. The Labute approximate surface area is 74.9 Å². The molecule has 1 saturated carbocycles. The third-order valence-corrected chi connectivity index (χ3v) is 2.49. The van der Waals surface area contributed by atoms with Crippen LogP contribution in [0.2, 0.25) is 5.15 Å². The van der Waals surface area contributed by atoms with Crippen molar-refractivity contribution >= 4 is 17.3 Å². The van der Waals surface area contributed by atoms with Gasteiger partial charge in [-0.05, 0) is 12.8 Å². The fourth-order valence-electron chi connectivity index (χ4n) is 1.08. The Hall–Kier alpha value is -0.740. The van der Waals surface area contributed by atoms with Gasteiger partial charge in [0.15, 0.2) is 0 Å². The van der Waals surface area contributed by atoms with E-state index >= 15 is 0 Å². The van der Waals surface area contributed by atoms with E-state index in [1.165, 1.54) is 10.9 Å². The van der Waals surface area contributed by atoms with E-state index in [0.29, 0.717) is 17.4 Å². The number of nitrogens with two attached hydrogens (primary N) is 1. The summed E-state index contributed by atoms with van der Waals surface area (Å²) in [7, 11) is 0. The van der Waals surface area contributed by atoms with Gasteiger partial charge in [0.2, 0.25) is 0 Å². The average Bonchev–Trinajstić information content (AvgIpc) is 2.68. The zero-order valence-electron chi connectivity index (χ0n) is 6.50. The van der Waals surface area contributed by atoms with Crippen LogP contribution in [0.25, 0.3) is 0 Å². The Morgan fingerprint density at radius 2 is 2.42 bits per heavy atom. The van der Waals surface area contributed by atoms with E-state index in [9.17, 15) is 5.11 Å². The molecular formula is C7H10ClN3O. The molecule has 0 spiro atoms. The van der Waals surface area contributed by atoms with Crippen molar-refractivity contribution in [2.75, 3.05) is 5.73 Å². The van der Waals surface area contributed by atoms with Crippen LogP contribution in [0, 0.1) is 0 Å². The topological polar surface area (TPSA) is 64.1 Å². The molecule has 1 aromatic heterocycles. The van der Waals surface area contributed by atoms with Crippen molar-refractivity contribution in [2.45, 2.75) is 25.0 Å². The predicted molar refractivity (Wildman–Crippen MR) is 45.8 cm³/mol. The van der Waals surface area contributed by atoms with Gasteiger partial charge in [-0.15, -0.1) is 0 Å². The van der Waals surface area contributed by atoms with Crippen molar-refractivity contribution < 1.29 is 5.11 Å². The lowest BCUT2D eigenvalue weighted by Gasteiger charge is -2.07. The fraction of sp³-hybridized carbons (Fsp3) is 0.571. The predicted octanol–water partition coefficient (Wildman–Crippen LogP) is 0.644. The normalized spacial score (nSPS) is 19.5. The lowest BCUT2D eigenvalue weighted by atomic mass is 10.3. The number of nitrogen functional groups attached to an aromatic ring is 1. The van der Waals surface area contributed by atoms with Crippen molar-refractivity contribution in [1.82, 2.24) is 9.78 Å². The van der Waals surface area contributed by atoms with E-state index in [0.717, 1.165) is 12.8 Å². The van der Waals surface area contributed by atoms with Crippen LogP contribution >= 0.6 is 11.6 Å². The zero-order chi connectivity index (χ0) is 8.77. The van der Waals surface area contributed by atoms with Gasteiger partial charge in [0.25, 0.3) is 0 Å². The summed E-state index contributed by atoms with van der Waals surface area (Å²) in [5.74, 6) is 0. The molecule has 5 heteroatoms. The molecule has 3 N–H and O–H groups in total. The SMILES string of the molecule is Nc1cnn(CC2(O)CC2)c1Cl. The number of aromatic nitrogens is 2. The number of rotatable bonds is 2. The lowest BCUT2D eigenvalue weighted by molar-refractivity contribution is 0.125. The highest BCUT2D eigenvalue weighted by atomic mass is 35.5. The molecule has 0 saturated heterocycles. The first-order valence-corrected chi connectivity index (χ1v) is 4.18. The van der Waals surface area contributed by atoms with Gasteiger partial charge in [0.05, 0.1) is 24.0 Å². The van der Waals surface area contributed by atoms with Crippen LogP contribution in [0.3, 0.4) is 0 Å². The fourth-order valence-corrected chi connectivity index (χ4v) is 1.23. The van der Waals surface area contributed by atoms with Crippen LogP contribution in [0.15, 0.2) is 6.20 Å². The summed E-state index contributed by atoms with van der Waals surface area (Å²) in [5.41, 5.74) is 5.36. The van der Waals surface area contributed by atoms with E-state index in [-0.39, 0.29) is 0 Å². The molecule has 0 radical (unpaired) electrons. The zero-order valence-corrected chi connectivity index (χ0v) is 7.25. The lowest BCUT2D eigenvalue weighted by Crippen LogP contribution is -2.17. The Morgan fingerprint density at radius 3 is 2.83 bits per heavy atom. The first-order valence-electron chi connectivity index (χ1n) is 3.80. The van der Waals surface area contributed by atoms with Gasteiger partial charge in [-0.2, -0.15) is 5.10 Å². The maximum absolute atomic E-state index is 9.56. The maximum Gasteiger partial charge on any atom is 0.150 e. The van der Waals surface area contributed by atoms with Crippen LogP contribution in [-0.4, -0.2) is 20.5 Å². The van der Waals surface area contributed by atoms with Crippen molar-refractivity contribution in [3.8, 4) is 0 Å². The minimum atomic E-state index is -0.581. The maximum atomic E-state index is 9.56. The van der Waals surface area contributed by atoms with Gasteiger partial charge in [0.1, 0.15) is 5.15 Å². The molecule has 0 atom stereocenters. The second kappa shape index (κ2) is 2.37. The number of aliphatic hydroxyl groups is 1. The Morgan fingerprint density at radius 1 is 1.75 bits per heavy atom. The van der Waals surface area contributed by atoms with Gasteiger partial charge in [-0.1, -0.05) is 11.6 Å². The van der Waals surface area contributed by atoms with Gasteiger partial charge in [0, 0.05) is 0 Å². The molecule has 1 aliphatic rings. The molecule has 1 fully saturated rings. The van der Waals surface area contributed by atoms with E-state index in [2.05, 4.69) is 5.10 Å². The summed E-state index contributed by atoms with van der Waals surface area (Å²) < 4.78 is 1.53. The van der Waals surface area contributed by atoms with Crippen LogP contribution < -0.4 is 5.73 Å². The quantitative estimate of drug-likeness (QED) is 0.715. The second-order valence-electron chi connectivity index (χ2n) is 3.27. The summed E-state index contributed by atoms with van der Waals surface area (Å²) in [5, 5.41) is 13.9. The molecule has 12 heavy (non-hydrogen) atoms. The van der Waals surface area contributed by atoms with E-state index in [4.69, 9.17) is 17.3 Å². The molecule has 0 unspecified atom stereocenters. The van der Waals surface area contributed by atoms with Crippen LogP contribution in [0.1, 0.15) is 12.8 Å². The molecule has 1 aliphatic carbocycles. The third-order valence-electron chi connectivity index (χ3n) is 2.07. The van der Waals surface area contributed by atoms with Crippen molar-refractivity contribution in [3.05, 3.63) is 11.3 Å². The molecule has 0 amide bonds. The minimum Gasteiger partial charge on any atom is -0.395 e. The highest BCUT2D eigenvalue weighted by Crippen LogP contribution is 2.37. The monoisotopic (exact) mass is 187 g/mol. The summed E-state index contributed by atoms with van der Waals surface area (Å²) in [4.78, 5) is 0. The number of hydrogen-bond donors (Lipinski definition) is 2. The van der Waals surface area contributed by atoms with Crippen LogP contribution in [0.5, 0.6) is 0 Å². The highest BCUT2D eigenvalue weighted by molar-refractivity contribution is 6.31. The molecule has 0 aromatic carbocycles. The number of anilines is 1. The van der Waals surface area contributed by atoms with Gasteiger partial charge in [-0.3, -0.25) is 0 Å². The first kappa shape index (κ1) is 7.89. The summed E-state index contributed by atoms with van der Waals surface area (Å²) >= 11 is 5.81. The van der Waals surface area contributed by atoms with E-state index in [1.807, 2.05) is 0 Å². The summed E-state index contributed by atoms with van der Waals surface area (Å²) in [6, 6.07) is 0. The second-order valence-corrected chi connectivity index (χ2v) is 3.63. The van der Waals surface area contributed by atoms with E-state index in [1.54, 1.807) is 0 Å². The van der Waals surface area contributed by atoms with Crippen LogP contribution in [-0.2, 0) is 6.54 Å². The standard InChI is InChI=1S/C7H10ClN3O/c8-6-5(9)3-10-11(6)4-7(12)1-2-7/h3,12H,1-2,4,9H2. The smallest absolute Gasteiger partial charge is 0.150 e. The molecule has 1 aromatic rings. The highest BCUT2D eigenvalue weighted by Gasteiger charge is 2.41. The molecule has 0 bridgehead atoms. The van der Waals surface area contributed by atoms with Gasteiger partial charge >= 0.3 is 0 Å². The Bertz CT molecular complexity index is 306. The summed E-state index contributed by atoms with van der Waals surface area (Å²) in [6.45, 7) is 0.447. The van der Waals surface area contributed by atoms with Gasteiger partial charge < -0.3 is 10.8 Å². The Balaban J connectivity index is 2.17. The third kappa shape index (κ3) is 1.28. The molecule has 66 valence electrons.